The van der Waals surface area contributed by atoms with E-state index >= 15 is 0 Å². The minimum atomic E-state index is -0.407. The normalized spacial score (nSPS) is 12.4. The first-order chi connectivity index (χ1) is 7.63. The lowest BCUT2D eigenvalue weighted by atomic mass is 10.0. The van der Waals surface area contributed by atoms with Crippen LogP contribution in [0.2, 0.25) is 0 Å². The summed E-state index contributed by atoms with van der Waals surface area (Å²) in [5.74, 6) is 0. The number of nitrogens with zero attached hydrogens (tertiary/aromatic N) is 1. The van der Waals surface area contributed by atoms with E-state index in [1.165, 1.54) is 12.1 Å². The van der Waals surface area contributed by atoms with Gasteiger partial charge in [0, 0.05) is 12.1 Å². The molecular formula is C12H17NO3. The Hall–Kier alpha value is -1.42. The van der Waals surface area contributed by atoms with Gasteiger partial charge in [-0.15, -0.1) is 0 Å². The van der Waals surface area contributed by atoms with Crippen molar-refractivity contribution >= 4 is 5.69 Å². The Labute approximate surface area is 95.1 Å². The summed E-state index contributed by atoms with van der Waals surface area (Å²) in [6, 6.07) is 6.50. The average molecular weight is 223 g/mol. The molecule has 1 rings (SSSR count). The maximum Gasteiger partial charge on any atom is 0.269 e. The summed E-state index contributed by atoms with van der Waals surface area (Å²) >= 11 is 0. The minimum absolute atomic E-state index is 0.109. The molecule has 1 N–H and O–H groups in total. The molecule has 4 heteroatoms. The molecule has 88 valence electrons. The van der Waals surface area contributed by atoms with Gasteiger partial charge in [-0.2, -0.15) is 0 Å². The minimum Gasteiger partial charge on any atom is -0.393 e. The fraction of sp³-hybridized carbons (Fsp3) is 0.500. The molecule has 0 spiro atoms. The third-order valence-corrected chi connectivity index (χ3v) is 2.54. The molecule has 1 aromatic rings. The molecular weight excluding hydrogens is 206 g/mol. The smallest absolute Gasteiger partial charge is 0.269 e. The molecule has 0 aliphatic rings. The number of hydrogen-bond donors (Lipinski definition) is 1. The van der Waals surface area contributed by atoms with Crippen LogP contribution in [-0.4, -0.2) is 16.1 Å². The Kier molecular flexibility index (Phi) is 4.92. The largest absolute Gasteiger partial charge is 0.393 e. The standard InChI is InChI=1S/C12H17NO3/c1-2-3-12(14)9-6-10-4-7-11(8-5-10)13(15)16/h4-5,7-8,12,14H,2-3,6,9H2,1H3. The highest BCUT2D eigenvalue weighted by Gasteiger charge is 2.06. The van der Waals surface area contributed by atoms with E-state index < -0.39 is 4.92 Å². The molecule has 0 aromatic heterocycles. The van der Waals surface area contributed by atoms with E-state index in [1.807, 2.05) is 6.92 Å². The van der Waals surface area contributed by atoms with Gasteiger partial charge in [0.2, 0.25) is 0 Å². The fourth-order valence-corrected chi connectivity index (χ4v) is 1.60. The van der Waals surface area contributed by atoms with Crippen molar-refractivity contribution in [3.63, 3.8) is 0 Å². The first-order valence-corrected chi connectivity index (χ1v) is 5.55. The van der Waals surface area contributed by atoms with Crippen LogP contribution in [0.15, 0.2) is 24.3 Å². The molecule has 1 unspecified atom stereocenters. The van der Waals surface area contributed by atoms with Gasteiger partial charge >= 0.3 is 0 Å². The van der Waals surface area contributed by atoms with E-state index in [-0.39, 0.29) is 11.8 Å². The number of aryl methyl sites for hydroxylation is 1. The predicted molar refractivity (Wildman–Crippen MR) is 62.3 cm³/mol. The topological polar surface area (TPSA) is 63.4 Å². The molecule has 0 heterocycles. The maximum atomic E-state index is 10.4. The molecule has 1 aromatic carbocycles. The Morgan fingerprint density at radius 3 is 2.44 bits per heavy atom. The van der Waals surface area contributed by atoms with Crippen LogP contribution in [0.3, 0.4) is 0 Å². The SMILES string of the molecule is CCCC(O)CCc1ccc([N+](=O)[O-])cc1. The molecule has 0 aliphatic carbocycles. The second-order valence-corrected chi connectivity index (χ2v) is 3.90. The molecule has 0 fully saturated rings. The molecule has 0 bridgehead atoms. The van der Waals surface area contributed by atoms with Gasteiger partial charge in [0.05, 0.1) is 11.0 Å². The van der Waals surface area contributed by atoms with E-state index in [0.29, 0.717) is 6.42 Å². The molecule has 0 saturated carbocycles. The second kappa shape index (κ2) is 6.23. The fourth-order valence-electron chi connectivity index (χ4n) is 1.60. The summed E-state index contributed by atoms with van der Waals surface area (Å²) in [4.78, 5) is 10.0. The highest BCUT2D eigenvalue weighted by Crippen LogP contribution is 2.14. The van der Waals surface area contributed by atoms with Crippen LogP contribution in [0, 0.1) is 10.1 Å². The number of hydrogen-bond acceptors (Lipinski definition) is 3. The van der Waals surface area contributed by atoms with Crippen molar-refractivity contribution in [2.75, 3.05) is 0 Å². The first kappa shape index (κ1) is 12.6. The van der Waals surface area contributed by atoms with E-state index in [2.05, 4.69) is 0 Å². The van der Waals surface area contributed by atoms with E-state index in [1.54, 1.807) is 12.1 Å². The molecule has 0 amide bonds. The molecule has 0 saturated heterocycles. The molecule has 16 heavy (non-hydrogen) atoms. The summed E-state index contributed by atoms with van der Waals surface area (Å²) in [6.45, 7) is 2.04. The number of nitro groups is 1. The number of nitro benzene ring substituents is 1. The lowest BCUT2D eigenvalue weighted by Gasteiger charge is -2.08. The highest BCUT2D eigenvalue weighted by molar-refractivity contribution is 5.32. The van der Waals surface area contributed by atoms with Crippen LogP contribution in [0.4, 0.5) is 5.69 Å². The molecule has 4 nitrogen and oxygen atoms in total. The Balaban J connectivity index is 2.46. The molecule has 0 aliphatic heterocycles. The number of rotatable bonds is 6. The summed E-state index contributed by atoms with van der Waals surface area (Å²) in [7, 11) is 0. The van der Waals surface area contributed by atoms with E-state index in [9.17, 15) is 15.2 Å². The van der Waals surface area contributed by atoms with E-state index in [4.69, 9.17) is 0 Å². The lowest BCUT2D eigenvalue weighted by molar-refractivity contribution is -0.384. The zero-order valence-corrected chi connectivity index (χ0v) is 9.43. The lowest BCUT2D eigenvalue weighted by Crippen LogP contribution is -2.07. The van der Waals surface area contributed by atoms with Crippen molar-refractivity contribution < 1.29 is 10.0 Å². The van der Waals surface area contributed by atoms with E-state index in [0.717, 1.165) is 24.8 Å². The zero-order valence-electron chi connectivity index (χ0n) is 9.43. The average Bonchev–Trinajstić information content (AvgIpc) is 2.27. The Bertz CT molecular complexity index is 335. The van der Waals surface area contributed by atoms with Gasteiger partial charge in [0.1, 0.15) is 0 Å². The summed E-state index contributed by atoms with van der Waals surface area (Å²) < 4.78 is 0. The quantitative estimate of drug-likeness (QED) is 0.595. The Morgan fingerprint density at radius 1 is 1.31 bits per heavy atom. The summed E-state index contributed by atoms with van der Waals surface area (Å²) in [5.41, 5.74) is 1.14. The van der Waals surface area contributed by atoms with Crippen LogP contribution in [0.25, 0.3) is 0 Å². The number of aliphatic hydroxyl groups is 1. The third kappa shape index (κ3) is 3.98. The predicted octanol–water partition coefficient (Wildman–Crippen LogP) is 2.69. The van der Waals surface area contributed by atoms with Gasteiger partial charge < -0.3 is 5.11 Å². The Morgan fingerprint density at radius 2 is 1.94 bits per heavy atom. The van der Waals surface area contributed by atoms with Crippen molar-refractivity contribution in [1.82, 2.24) is 0 Å². The summed E-state index contributed by atoms with van der Waals surface area (Å²) in [6.07, 6.45) is 3.00. The van der Waals surface area contributed by atoms with Gasteiger partial charge in [0.15, 0.2) is 0 Å². The number of benzene rings is 1. The molecule has 1 atom stereocenters. The highest BCUT2D eigenvalue weighted by atomic mass is 16.6. The van der Waals surface area contributed by atoms with Crippen LogP contribution in [0.1, 0.15) is 31.7 Å². The van der Waals surface area contributed by atoms with Crippen molar-refractivity contribution in [2.24, 2.45) is 0 Å². The van der Waals surface area contributed by atoms with Gasteiger partial charge in [0.25, 0.3) is 5.69 Å². The summed E-state index contributed by atoms with van der Waals surface area (Å²) in [5, 5.41) is 20.0. The van der Waals surface area contributed by atoms with Crippen LogP contribution in [-0.2, 0) is 6.42 Å². The van der Waals surface area contributed by atoms with Gasteiger partial charge in [-0.05, 0) is 24.8 Å². The number of non-ortho nitro benzene ring substituents is 1. The van der Waals surface area contributed by atoms with Crippen molar-refractivity contribution in [3.8, 4) is 0 Å². The maximum absolute atomic E-state index is 10.4. The van der Waals surface area contributed by atoms with Gasteiger partial charge in [-0.3, -0.25) is 10.1 Å². The van der Waals surface area contributed by atoms with Crippen molar-refractivity contribution in [3.05, 3.63) is 39.9 Å². The van der Waals surface area contributed by atoms with Crippen molar-refractivity contribution in [2.45, 2.75) is 38.7 Å². The zero-order chi connectivity index (χ0) is 12.0. The molecule has 0 radical (unpaired) electrons. The first-order valence-electron chi connectivity index (χ1n) is 5.55. The van der Waals surface area contributed by atoms with Gasteiger partial charge in [-0.1, -0.05) is 25.5 Å². The van der Waals surface area contributed by atoms with Gasteiger partial charge in [-0.25, -0.2) is 0 Å². The van der Waals surface area contributed by atoms with Crippen LogP contribution in [0.5, 0.6) is 0 Å². The van der Waals surface area contributed by atoms with Crippen LogP contribution >= 0.6 is 0 Å². The van der Waals surface area contributed by atoms with Crippen LogP contribution < -0.4 is 0 Å². The second-order valence-electron chi connectivity index (χ2n) is 3.90. The third-order valence-electron chi connectivity index (χ3n) is 2.54. The number of aliphatic hydroxyl groups excluding tert-OH is 1. The monoisotopic (exact) mass is 223 g/mol. The van der Waals surface area contributed by atoms with Crippen molar-refractivity contribution in [1.29, 1.82) is 0 Å².